The summed E-state index contributed by atoms with van der Waals surface area (Å²) in [4.78, 5) is 0. The van der Waals surface area contributed by atoms with Crippen molar-refractivity contribution in [2.45, 2.75) is 40.3 Å². The molecule has 0 unspecified atom stereocenters. The molecule has 0 aromatic carbocycles. The van der Waals surface area contributed by atoms with E-state index in [1.807, 2.05) is 6.20 Å². The molecule has 1 N–H and O–H groups in total. The molecule has 20 heavy (non-hydrogen) atoms. The van der Waals surface area contributed by atoms with Crippen molar-refractivity contribution in [2.75, 3.05) is 33.5 Å². The van der Waals surface area contributed by atoms with Gasteiger partial charge < -0.3 is 14.8 Å². The van der Waals surface area contributed by atoms with Crippen molar-refractivity contribution >= 4 is 0 Å². The Bertz CT molecular complexity index is 364. The van der Waals surface area contributed by atoms with E-state index in [1.54, 1.807) is 7.11 Å². The molecule has 5 nitrogen and oxygen atoms in total. The van der Waals surface area contributed by atoms with E-state index in [0.717, 1.165) is 32.7 Å². The Morgan fingerprint density at radius 3 is 2.80 bits per heavy atom. The van der Waals surface area contributed by atoms with E-state index in [0.29, 0.717) is 19.1 Å². The molecule has 0 amide bonds. The van der Waals surface area contributed by atoms with Gasteiger partial charge in [-0.2, -0.15) is 5.10 Å². The Morgan fingerprint density at radius 1 is 1.30 bits per heavy atom. The number of rotatable bonds is 11. The van der Waals surface area contributed by atoms with Gasteiger partial charge in [0.15, 0.2) is 0 Å². The van der Waals surface area contributed by atoms with Gasteiger partial charge >= 0.3 is 0 Å². The highest BCUT2D eigenvalue weighted by Gasteiger charge is 2.06. The minimum absolute atomic E-state index is 0.659. The molecule has 0 saturated carbocycles. The molecule has 1 rings (SSSR count). The van der Waals surface area contributed by atoms with Crippen LogP contribution in [-0.2, 0) is 22.6 Å². The minimum Gasteiger partial charge on any atom is -0.382 e. The van der Waals surface area contributed by atoms with Crippen LogP contribution in [0.1, 0.15) is 31.5 Å². The lowest BCUT2D eigenvalue weighted by atomic mass is 10.2. The summed E-state index contributed by atoms with van der Waals surface area (Å²) in [5.41, 5.74) is 2.53. The lowest BCUT2D eigenvalue weighted by molar-refractivity contribution is 0.0676. The van der Waals surface area contributed by atoms with Gasteiger partial charge in [0.05, 0.1) is 19.4 Å². The van der Waals surface area contributed by atoms with Crippen LogP contribution in [0.25, 0.3) is 0 Å². The molecule has 5 heteroatoms. The fraction of sp³-hybridized carbons (Fsp3) is 0.800. The second-order valence-corrected chi connectivity index (χ2v) is 5.46. The molecule has 1 aromatic heterocycles. The molecule has 0 aliphatic carbocycles. The number of aryl methyl sites for hydroxylation is 1. The first-order valence-electron chi connectivity index (χ1n) is 7.43. The van der Waals surface area contributed by atoms with Crippen LogP contribution < -0.4 is 5.32 Å². The van der Waals surface area contributed by atoms with E-state index in [1.165, 1.54) is 11.3 Å². The molecule has 1 aromatic rings. The normalized spacial score (nSPS) is 11.4. The van der Waals surface area contributed by atoms with E-state index in [2.05, 4.69) is 35.9 Å². The summed E-state index contributed by atoms with van der Waals surface area (Å²) in [5.74, 6) is 0.676. The maximum Gasteiger partial charge on any atom is 0.0700 e. The Hall–Kier alpha value is -0.910. The molecule has 0 aliphatic rings. The monoisotopic (exact) mass is 283 g/mol. The standard InChI is InChI=1S/C15H29N3O2/c1-13(2)10-16-11-15-12-17-18(14(15)3)6-5-7-20-9-8-19-4/h12-13,16H,5-11H2,1-4H3. The summed E-state index contributed by atoms with van der Waals surface area (Å²) < 4.78 is 12.5. The zero-order chi connectivity index (χ0) is 14.8. The smallest absolute Gasteiger partial charge is 0.0700 e. The van der Waals surface area contributed by atoms with Crippen LogP contribution >= 0.6 is 0 Å². The third-order valence-electron chi connectivity index (χ3n) is 3.16. The van der Waals surface area contributed by atoms with E-state index in [4.69, 9.17) is 9.47 Å². The van der Waals surface area contributed by atoms with Gasteiger partial charge in [-0.05, 0) is 25.8 Å². The zero-order valence-corrected chi connectivity index (χ0v) is 13.3. The van der Waals surface area contributed by atoms with Gasteiger partial charge in [0, 0.05) is 38.1 Å². The number of hydrogen-bond acceptors (Lipinski definition) is 4. The highest BCUT2D eigenvalue weighted by atomic mass is 16.5. The van der Waals surface area contributed by atoms with Crippen molar-refractivity contribution in [3.05, 3.63) is 17.5 Å². The number of hydrogen-bond donors (Lipinski definition) is 1. The first-order valence-corrected chi connectivity index (χ1v) is 7.43. The van der Waals surface area contributed by atoms with Crippen molar-refractivity contribution in [1.29, 1.82) is 0 Å². The first kappa shape index (κ1) is 17.1. The van der Waals surface area contributed by atoms with Gasteiger partial charge in [-0.3, -0.25) is 4.68 Å². The predicted molar refractivity (Wildman–Crippen MR) is 80.8 cm³/mol. The molecule has 116 valence electrons. The summed E-state index contributed by atoms with van der Waals surface area (Å²) >= 11 is 0. The average Bonchev–Trinajstić information content (AvgIpc) is 2.75. The van der Waals surface area contributed by atoms with E-state index in [9.17, 15) is 0 Å². The molecular formula is C15H29N3O2. The third kappa shape index (κ3) is 6.50. The Labute approximate surface area is 122 Å². The van der Waals surface area contributed by atoms with Crippen molar-refractivity contribution in [3.63, 3.8) is 0 Å². The van der Waals surface area contributed by atoms with Gasteiger partial charge in [0.25, 0.3) is 0 Å². The Balaban J connectivity index is 2.24. The molecule has 0 bridgehead atoms. The molecule has 0 atom stereocenters. The van der Waals surface area contributed by atoms with Crippen LogP contribution in [0.15, 0.2) is 6.20 Å². The molecule has 1 heterocycles. The predicted octanol–water partition coefficient (Wildman–Crippen LogP) is 1.99. The fourth-order valence-electron chi connectivity index (χ4n) is 1.94. The second-order valence-electron chi connectivity index (χ2n) is 5.46. The maximum atomic E-state index is 5.46. The summed E-state index contributed by atoms with van der Waals surface area (Å²) in [6, 6.07) is 0. The largest absolute Gasteiger partial charge is 0.382 e. The van der Waals surface area contributed by atoms with Gasteiger partial charge in [-0.25, -0.2) is 0 Å². The highest BCUT2D eigenvalue weighted by Crippen LogP contribution is 2.07. The molecule has 0 saturated heterocycles. The van der Waals surface area contributed by atoms with Crippen LogP contribution in [0.5, 0.6) is 0 Å². The molecule has 0 fully saturated rings. The van der Waals surface area contributed by atoms with Crippen molar-refractivity contribution in [2.24, 2.45) is 5.92 Å². The van der Waals surface area contributed by atoms with Gasteiger partial charge in [0.2, 0.25) is 0 Å². The first-order chi connectivity index (χ1) is 9.65. The molecule has 0 spiro atoms. The number of nitrogens with one attached hydrogen (secondary N) is 1. The average molecular weight is 283 g/mol. The SMILES string of the molecule is COCCOCCCn1ncc(CNCC(C)C)c1C. The fourth-order valence-corrected chi connectivity index (χ4v) is 1.94. The van der Waals surface area contributed by atoms with Crippen LogP contribution in [-0.4, -0.2) is 43.3 Å². The summed E-state index contributed by atoms with van der Waals surface area (Å²) in [6.45, 7) is 11.5. The minimum atomic E-state index is 0.659. The Morgan fingerprint density at radius 2 is 2.10 bits per heavy atom. The lowest BCUT2D eigenvalue weighted by Gasteiger charge is -2.08. The molecular weight excluding hydrogens is 254 g/mol. The summed E-state index contributed by atoms with van der Waals surface area (Å²) in [6.07, 6.45) is 2.94. The zero-order valence-electron chi connectivity index (χ0n) is 13.3. The van der Waals surface area contributed by atoms with Crippen LogP contribution in [0, 0.1) is 12.8 Å². The number of aromatic nitrogens is 2. The molecule has 0 aliphatic heterocycles. The van der Waals surface area contributed by atoms with Crippen molar-refractivity contribution in [3.8, 4) is 0 Å². The lowest BCUT2D eigenvalue weighted by Crippen LogP contribution is -2.19. The van der Waals surface area contributed by atoms with E-state index in [-0.39, 0.29) is 0 Å². The van der Waals surface area contributed by atoms with E-state index < -0.39 is 0 Å². The Kier molecular flexibility index (Phi) is 8.49. The summed E-state index contributed by atoms with van der Waals surface area (Å²) in [7, 11) is 1.69. The van der Waals surface area contributed by atoms with E-state index >= 15 is 0 Å². The van der Waals surface area contributed by atoms with Crippen LogP contribution in [0.4, 0.5) is 0 Å². The maximum absolute atomic E-state index is 5.46. The van der Waals surface area contributed by atoms with Crippen LogP contribution in [0.3, 0.4) is 0 Å². The van der Waals surface area contributed by atoms with Crippen molar-refractivity contribution in [1.82, 2.24) is 15.1 Å². The second kappa shape index (κ2) is 9.91. The van der Waals surface area contributed by atoms with Gasteiger partial charge in [-0.1, -0.05) is 13.8 Å². The number of methoxy groups -OCH3 is 1. The molecule has 0 radical (unpaired) electrons. The number of ether oxygens (including phenoxy) is 2. The van der Waals surface area contributed by atoms with Gasteiger partial charge in [-0.15, -0.1) is 0 Å². The quantitative estimate of drug-likeness (QED) is 0.631. The third-order valence-corrected chi connectivity index (χ3v) is 3.16. The topological polar surface area (TPSA) is 48.3 Å². The number of nitrogens with zero attached hydrogens (tertiary/aromatic N) is 2. The summed E-state index contributed by atoms with van der Waals surface area (Å²) in [5, 5.41) is 7.90. The highest BCUT2D eigenvalue weighted by molar-refractivity contribution is 5.15. The van der Waals surface area contributed by atoms with Crippen LogP contribution in [0.2, 0.25) is 0 Å². The van der Waals surface area contributed by atoms with Gasteiger partial charge in [0.1, 0.15) is 0 Å². The van der Waals surface area contributed by atoms with Crippen molar-refractivity contribution < 1.29 is 9.47 Å².